The SMILES string of the molecule is Cc1cc(C(C)(C)C)cc(-c2ccc3ccccc3[n+]2C)c1C. The Hall–Kier alpha value is -2.15. The number of pyridine rings is 1. The van der Waals surface area contributed by atoms with E-state index in [1.165, 1.54) is 38.9 Å². The van der Waals surface area contributed by atoms with Crippen LogP contribution in [0.25, 0.3) is 22.2 Å². The van der Waals surface area contributed by atoms with Gasteiger partial charge in [0.25, 0.3) is 0 Å². The minimum Gasteiger partial charge on any atom is -0.194 e. The van der Waals surface area contributed by atoms with E-state index < -0.39 is 0 Å². The Morgan fingerprint density at radius 2 is 1.57 bits per heavy atom. The van der Waals surface area contributed by atoms with Gasteiger partial charge in [0, 0.05) is 23.1 Å². The smallest absolute Gasteiger partial charge is 0.194 e. The van der Waals surface area contributed by atoms with Gasteiger partial charge in [0.15, 0.2) is 0 Å². The Morgan fingerprint density at radius 3 is 2.26 bits per heavy atom. The van der Waals surface area contributed by atoms with E-state index in [1.54, 1.807) is 0 Å². The van der Waals surface area contributed by atoms with Gasteiger partial charge in [-0.2, -0.15) is 4.57 Å². The van der Waals surface area contributed by atoms with Crippen molar-refractivity contribution in [1.82, 2.24) is 0 Å². The molecule has 0 atom stereocenters. The molecule has 0 N–H and O–H groups in total. The van der Waals surface area contributed by atoms with Crippen LogP contribution in [0.1, 0.15) is 37.5 Å². The van der Waals surface area contributed by atoms with Gasteiger partial charge in [0.05, 0.1) is 0 Å². The predicted molar refractivity (Wildman–Crippen MR) is 98.7 cm³/mol. The molecule has 0 spiro atoms. The van der Waals surface area contributed by atoms with Crippen molar-refractivity contribution in [1.29, 1.82) is 0 Å². The number of para-hydroxylation sites is 1. The lowest BCUT2D eigenvalue weighted by molar-refractivity contribution is -0.633. The lowest BCUT2D eigenvalue weighted by atomic mass is 9.83. The van der Waals surface area contributed by atoms with E-state index in [1.807, 2.05) is 0 Å². The summed E-state index contributed by atoms with van der Waals surface area (Å²) in [7, 11) is 2.16. The number of nitrogens with zero attached hydrogens (tertiary/aromatic N) is 1. The van der Waals surface area contributed by atoms with Crippen LogP contribution in [0, 0.1) is 13.8 Å². The van der Waals surface area contributed by atoms with E-state index in [9.17, 15) is 0 Å². The summed E-state index contributed by atoms with van der Waals surface area (Å²) in [4.78, 5) is 0. The molecule has 0 bridgehead atoms. The van der Waals surface area contributed by atoms with Crippen LogP contribution in [-0.2, 0) is 12.5 Å². The normalized spacial score (nSPS) is 11.9. The van der Waals surface area contributed by atoms with Crippen LogP contribution in [0.4, 0.5) is 0 Å². The maximum absolute atomic E-state index is 2.37. The molecule has 2 aromatic carbocycles. The van der Waals surface area contributed by atoms with Gasteiger partial charge >= 0.3 is 0 Å². The topological polar surface area (TPSA) is 3.88 Å². The number of rotatable bonds is 1. The largest absolute Gasteiger partial charge is 0.213 e. The zero-order valence-electron chi connectivity index (χ0n) is 15.1. The molecule has 1 nitrogen and oxygen atoms in total. The summed E-state index contributed by atoms with van der Waals surface area (Å²) >= 11 is 0. The summed E-state index contributed by atoms with van der Waals surface area (Å²) in [5, 5.41) is 1.28. The van der Waals surface area contributed by atoms with Crippen molar-refractivity contribution in [3.05, 3.63) is 65.2 Å². The maximum atomic E-state index is 2.37. The minimum atomic E-state index is 0.155. The maximum Gasteiger partial charge on any atom is 0.213 e. The molecule has 1 heterocycles. The second-order valence-electron chi connectivity index (χ2n) is 7.55. The number of hydrogen-bond donors (Lipinski definition) is 0. The molecule has 0 fully saturated rings. The highest BCUT2D eigenvalue weighted by Gasteiger charge is 2.21. The van der Waals surface area contributed by atoms with E-state index in [4.69, 9.17) is 0 Å². The first kappa shape index (κ1) is 15.7. The molecule has 0 aliphatic heterocycles. The second kappa shape index (κ2) is 5.49. The van der Waals surface area contributed by atoms with Gasteiger partial charge in [-0.25, -0.2) is 0 Å². The highest BCUT2D eigenvalue weighted by molar-refractivity contribution is 5.78. The molecule has 1 heteroatoms. The highest BCUT2D eigenvalue weighted by atomic mass is 14.9. The molecule has 1 aromatic heterocycles. The zero-order chi connectivity index (χ0) is 16.8. The Balaban J connectivity index is 2.30. The molecule has 0 radical (unpaired) electrons. The third kappa shape index (κ3) is 2.76. The van der Waals surface area contributed by atoms with Crippen LogP contribution in [0.15, 0.2) is 48.5 Å². The first-order chi connectivity index (χ1) is 10.8. The molecule has 23 heavy (non-hydrogen) atoms. The highest BCUT2D eigenvalue weighted by Crippen LogP contribution is 2.31. The van der Waals surface area contributed by atoms with Crippen LogP contribution < -0.4 is 4.57 Å². The molecule has 3 aromatic rings. The number of fused-ring (bicyclic) bond motifs is 1. The van der Waals surface area contributed by atoms with Gasteiger partial charge in [0.1, 0.15) is 7.05 Å². The lowest BCUT2D eigenvalue weighted by Gasteiger charge is -2.22. The Kier molecular flexibility index (Phi) is 3.75. The molecule has 0 saturated heterocycles. The standard InChI is InChI=1S/C22H26N/c1-15-13-18(22(3,4)5)14-19(16(15)2)21-12-11-17-9-7-8-10-20(17)23(21)6/h7-14H,1-6H3/q+1. The van der Waals surface area contributed by atoms with E-state index >= 15 is 0 Å². The number of hydrogen-bond acceptors (Lipinski definition) is 0. The van der Waals surface area contributed by atoms with Crippen LogP contribution in [0.3, 0.4) is 0 Å². The zero-order valence-corrected chi connectivity index (χ0v) is 15.1. The number of aromatic nitrogens is 1. The van der Waals surface area contributed by atoms with E-state index in [0.29, 0.717) is 0 Å². The van der Waals surface area contributed by atoms with Crippen LogP contribution in [0.5, 0.6) is 0 Å². The molecule has 0 amide bonds. The van der Waals surface area contributed by atoms with Crippen molar-refractivity contribution in [2.45, 2.75) is 40.0 Å². The summed E-state index contributed by atoms with van der Waals surface area (Å²) in [5.41, 5.74) is 8.15. The lowest BCUT2D eigenvalue weighted by Crippen LogP contribution is -2.32. The van der Waals surface area contributed by atoms with Crippen LogP contribution in [-0.4, -0.2) is 0 Å². The Labute approximate surface area is 139 Å². The van der Waals surface area contributed by atoms with Gasteiger partial charge in [-0.1, -0.05) is 39.0 Å². The quantitative estimate of drug-likeness (QED) is 0.541. The molecule has 118 valence electrons. The van der Waals surface area contributed by atoms with E-state index in [0.717, 1.165) is 0 Å². The Morgan fingerprint density at radius 1 is 0.870 bits per heavy atom. The fourth-order valence-electron chi connectivity index (χ4n) is 3.17. The van der Waals surface area contributed by atoms with E-state index in [-0.39, 0.29) is 5.41 Å². The van der Waals surface area contributed by atoms with Crippen LogP contribution >= 0.6 is 0 Å². The molecular formula is C22H26N+. The van der Waals surface area contributed by atoms with Crippen molar-refractivity contribution in [3.63, 3.8) is 0 Å². The average Bonchev–Trinajstić information content (AvgIpc) is 2.50. The third-order valence-electron chi connectivity index (χ3n) is 4.89. The minimum absolute atomic E-state index is 0.155. The third-order valence-corrected chi connectivity index (χ3v) is 4.89. The fourth-order valence-corrected chi connectivity index (χ4v) is 3.17. The summed E-state index contributed by atoms with van der Waals surface area (Å²) in [6, 6.07) is 17.7. The monoisotopic (exact) mass is 304 g/mol. The Bertz CT molecular complexity index is 882. The first-order valence-corrected chi connectivity index (χ1v) is 8.29. The number of benzene rings is 2. The van der Waals surface area contributed by atoms with Gasteiger partial charge < -0.3 is 0 Å². The van der Waals surface area contributed by atoms with Crippen molar-refractivity contribution < 1.29 is 4.57 Å². The molecule has 0 saturated carbocycles. The molecule has 0 unspecified atom stereocenters. The summed E-state index contributed by atoms with van der Waals surface area (Å²) in [6.45, 7) is 11.3. The summed E-state index contributed by atoms with van der Waals surface area (Å²) in [6.07, 6.45) is 0. The van der Waals surface area contributed by atoms with Crippen molar-refractivity contribution in [2.75, 3.05) is 0 Å². The van der Waals surface area contributed by atoms with Crippen molar-refractivity contribution >= 4 is 10.9 Å². The molecule has 0 aliphatic rings. The van der Waals surface area contributed by atoms with Crippen molar-refractivity contribution in [2.24, 2.45) is 7.05 Å². The molecule has 3 rings (SSSR count). The fraction of sp³-hybridized carbons (Fsp3) is 0.318. The number of aryl methyl sites for hydroxylation is 2. The van der Waals surface area contributed by atoms with Gasteiger partial charge in [0.2, 0.25) is 11.2 Å². The predicted octanol–water partition coefficient (Wildman–Crippen LogP) is 5.25. The van der Waals surface area contributed by atoms with Crippen molar-refractivity contribution in [3.8, 4) is 11.3 Å². The summed E-state index contributed by atoms with van der Waals surface area (Å²) in [5.74, 6) is 0. The molecule has 0 aliphatic carbocycles. The first-order valence-electron chi connectivity index (χ1n) is 8.29. The summed E-state index contributed by atoms with van der Waals surface area (Å²) < 4.78 is 2.31. The van der Waals surface area contributed by atoms with Gasteiger partial charge in [-0.05, 0) is 54.2 Å². The van der Waals surface area contributed by atoms with E-state index in [2.05, 4.69) is 94.8 Å². The second-order valence-corrected chi connectivity index (χ2v) is 7.55. The van der Waals surface area contributed by atoms with Gasteiger partial charge in [-0.15, -0.1) is 0 Å². The average molecular weight is 304 g/mol. The van der Waals surface area contributed by atoms with Gasteiger partial charge in [-0.3, -0.25) is 0 Å². The molecular weight excluding hydrogens is 278 g/mol. The van der Waals surface area contributed by atoms with Crippen LogP contribution in [0.2, 0.25) is 0 Å².